The van der Waals surface area contributed by atoms with Crippen molar-refractivity contribution >= 4 is 45.5 Å². The summed E-state index contributed by atoms with van der Waals surface area (Å²) in [7, 11) is -1.94. The number of amides is 1. The Morgan fingerprint density at radius 2 is 1.83 bits per heavy atom. The van der Waals surface area contributed by atoms with E-state index in [1.165, 1.54) is 16.4 Å². The van der Waals surface area contributed by atoms with E-state index in [1.54, 1.807) is 39.3 Å². The average Bonchev–Trinajstić information content (AvgIpc) is 3.32. The maximum Gasteiger partial charge on any atom is 0.243 e. The molecular weight excluding hydrogens is 490 g/mol. The quantitative estimate of drug-likeness (QED) is 0.189. The van der Waals surface area contributed by atoms with E-state index in [9.17, 15) is 13.2 Å². The average molecular weight is 518 g/mol. The summed E-state index contributed by atoms with van der Waals surface area (Å²) < 4.78 is 31.6. The van der Waals surface area contributed by atoms with E-state index in [4.69, 9.17) is 4.74 Å². The number of ether oxygens (including phenoxy) is 1. The number of hydrogen-bond donors (Lipinski definition) is 3. The van der Waals surface area contributed by atoms with E-state index in [2.05, 4.69) is 31.0 Å². The third-order valence-electron chi connectivity index (χ3n) is 4.78. The van der Waals surface area contributed by atoms with Gasteiger partial charge in [0.25, 0.3) is 0 Å². The molecule has 0 unspecified atom stereocenters. The van der Waals surface area contributed by atoms with E-state index in [1.807, 2.05) is 24.3 Å². The van der Waals surface area contributed by atoms with Crippen LogP contribution in [0.5, 0.6) is 5.75 Å². The van der Waals surface area contributed by atoms with Crippen LogP contribution in [0.4, 0.5) is 11.6 Å². The molecule has 1 aromatic heterocycles. The van der Waals surface area contributed by atoms with Crippen LogP contribution in [0.1, 0.15) is 19.4 Å². The fraction of sp³-hybridized carbons (Fsp3) is 0.273. The molecule has 0 saturated heterocycles. The van der Waals surface area contributed by atoms with Gasteiger partial charge < -0.3 is 10.1 Å². The van der Waals surface area contributed by atoms with Crippen molar-refractivity contribution in [2.24, 2.45) is 5.10 Å². The highest BCUT2D eigenvalue weighted by atomic mass is 32.2. The topological polar surface area (TPSA) is 142 Å². The largest absolute Gasteiger partial charge is 0.497 e. The fourth-order valence-corrected chi connectivity index (χ4v) is 5.03. The zero-order valence-electron chi connectivity index (χ0n) is 19.6. The smallest absolute Gasteiger partial charge is 0.243 e. The molecule has 3 rings (SSSR count). The highest BCUT2D eigenvalue weighted by molar-refractivity contribution is 7.99. The number of anilines is 2. The monoisotopic (exact) mass is 517 g/mol. The number of carbonyl (C=O) groups excluding carboxylic acids is 1. The molecule has 0 fully saturated rings. The number of methoxy groups -OCH3 is 1. The van der Waals surface area contributed by atoms with Crippen molar-refractivity contribution in [2.45, 2.75) is 23.9 Å². The van der Waals surface area contributed by atoms with Gasteiger partial charge >= 0.3 is 0 Å². The summed E-state index contributed by atoms with van der Waals surface area (Å²) in [6.45, 7) is 4.36. The molecule has 0 aliphatic heterocycles. The number of benzene rings is 2. The van der Waals surface area contributed by atoms with E-state index in [-0.39, 0.29) is 16.6 Å². The number of H-pyrrole nitrogens is 1. The van der Waals surface area contributed by atoms with Gasteiger partial charge in [-0.15, -0.1) is 5.10 Å². The Morgan fingerprint density at radius 1 is 1.14 bits per heavy atom. The Kier molecular flexibility index (Phi) is 9.23. The van der Waals surface area contributed by atoms with Crippen molar-refractivity contribution < 1.29 is 17.9 Å². The van der Waals surface area contributed by atoms with Crippen LogP contribution < -0.4 is 15.5 Å². The molecule has 13 heteroatoms. The third kappa shape index (κ3) is 7.28. The van der Waals surface area contributed by atoms with Gasteiger partial charge in [0.05, 0.1) is 24.0 Å². The van der Waals surface area contributed by atoms with Gasteiger partial charge in [-0.1, -0.05) is 25.6 Å². The van der Waals surface area contributed by atoms with Crippen LogP contribution >= 0.6 is 11.8 Å². The van der Waals surface area contributed by atoms with Gasteiger partial charge in [-0.2, -0.15) is 14.4 Å². The molecule has 0 aliphatic carbocycles. The molecule has 0 atom stereocenters. The van der Waals surface area contributed by atoms with Crippen molar-refractivity contribution in [3.8, 4) is 5.75 Å². The lowest BCUT2D eigenvalue weighted by atomic mass is 10.2. The Labute approximate surface area is 208 Å². The highest BCUT2D eigenvalue weighted by Crippen LogP contribution is 2.19. The van der Waals surface area contributed by atoms with Crippen molar-refractivity contribution in [2.75, 3.05) is 36.7 Å². The number of nitrogens with one attached hydrogen (secondary N) is 3. The number of rotatable bonds is 12. The standard InChI is InChI=1S/C22H27N7O4S2/c1-4-29(5-2)35(31,32)19-12-8-17(9-13-19)24-20(30)15-34-22-25-21(27-28-22)26-23-14-16-6-10-18(33-3)11-7-16/h6-14H,4-5,15H2,1-3H3,(H,24,30)(H2,25,26,27,28)/b23-14+. The predicted molar refractivity (Wildman–Crippen MR) is 136 cm³/mol. The van der Waals surface area contributed by atoms with Crippen LogP contribution in [0.15, 0.2) is 63.7 Å². The minimum atomic E-state index is -3.54. The first-order chi connectivity index (χ1) is 16.8. The van der Waals surface area contributed by atoms with Gasteiger partial charge in [0.1, 0.15) is 5.75 Å². The van der Waals surface area contributed by atoms with E-state index in [0.29, 0.717) is 29.9 Å². The van der Waals surface area contributed by atoms with Gasteiger partial charge in [0.15, 0.2) is 0 Å². The van der Waals surface area contributed by atoms with Crippen molar-refractivity contribution in [3.05, 3.63) is 54.1 Å². The third-order valence-corrected chi connectivity index (χ3v) is 7.69. The molecule has 35 heavy (non-hydrogen) atoms. The van der Waals surface area contributed by atoms with E-state index >= 15 is 0 Å². The molecule has 3 aromatic rings. The second-order valence-corrected chi connectivity index (χ2v) is 9.94. The lowest BCUT2D eigenvalue weighted by Crippen LogP contribution is -2.30. The first-order valence-electron chi connectivity index (χ1n) is 10.7. The molecule has 0 saturated carbocycles. The summed E-state index contributed by atoms with van der Waals surface area (Å²) in [5.41, 5.74) is 4.12. The second kappa shape index (κ2) is 12.3. The highest BCUT2D eigenvalue weighted by Gasteiger charge is 2.21. The normalized spacial score (nSPS) is 11.7. The number of hydrazone groups is 1. The van der Waals surface area contributed by atoms with Crippen molar-refractivity contribution in [1.82, 2.24) is 19.5 Å². The number of aromatic nitrogens is 3. The molecule has 186 valence electrons. The van der Waals surface area contributed by atoms with Crippen LogP contribution in [0.3, 0.4) is 0 Å². The number of carbonyl (C=O) groups is 1. The van der Waals surface area contributed by atoms with Crippen LogP contribution in [0.25, 0.3) is 0 Å². The van der Waals surface area contributed by atoms with Gasteiger partial charge in [0.2, 0.25) is 27.0 Å². The molecule has 3 N–H and O–H groups in total. The number of nitrogens with zero attached hydrogens (tertiary/aromatic N) is 4. The number of thioether (sulfide) groups is 1. The molecule has 11 nitrogen and oxygen atoms in total. The Morgan fingerprint density at radius 3 is 2.46 bits per heavy atom. The molecular formula is C22H27N7O4S2. The summed E-state index contributed by atoms with van der Waals surface area (Å²) in [5, 5.41) is 13.9. The maximum atomic E-state index is 12.6. The number of hydrogen-bond acceptors (Lipinski definition) is 9. The first kappa shape index (κ1) is 26.2. The molecule has 0 radical (unpaired) electrons. The van der Waals surface area contributed by atoms with E-state index in [0.717, 1.165) is 23.1 Å². The van der Waals surface area contributed by atoms with Crippen LogP contribution in [0.2, 0.25) is 0 Å². The Hall–Kier alpha value is -3.42. The number of sulfonamides is 1. The zero-order chi connectivity index (χ0) is 25.3. The molecule has 2 aromatic carbocycles. The van der Waals surface area contributed by atoms with Crippen molar-refractivity contribution in [1.29, 1.82) is 0 Å². The summed E-state index contributed by atoms with van der Waals surface area (Å²) in [4.78, 5) is 16.7. The van der Waals surface area contributed by atoms with Crippen molar-refractivity contribution in [3.63, 3.8) is 0 Å². The van der Waals surface area contributed by atoms with Gasteiger partial charge in [0, 0.05) is 18.8 Å². The van der Waals surface area contributed by atoms with E-state index < -0.39 is 10.0 Å². The molecule has 1 heterocycles. The molecule has 0 spiro atoms. The Balaban J connectivity index is 1.47. The first-order valence-corrected chi connectivity index (χ1v) is 13.2. The predicted octanol–water partition coefficient (Wildman–Crippen LogP) is 3.02. The Bertz CT molecular complexity index is 1240. The van der Waals surface area contributed by atoms with Crippen LogP contribution in [-0.2, 0) is 14.8 Å². The van der Waals surface area contributed by atoms with Crippen LogP contribution in [0, 0.1) is 0 Å². The molecule has 0 aliphatic rings. The summed E-state index contributed by atoms with van der Waals surface area (Å²) >= 11 is 1.15. The molecule has 0 bridgehead atoms. The minimum Gasteiger partial charge on any atom is -0.497 e. The lowest BCUT2D eigenvalue weighted by Gasteiger charge is -2.18. The SMILES string of the molecule is CCN(CC)S(=O)(=O)c1ccc(NC(=O)CSc2n[nH]c(N/N=C/c3ccc(OC)cc3)n2)cc1. The number of aromatic amines is 1. The molecule has 1 amide bonds. The summed E-state index contributed by atoms with van der Waals surface area (Å²) in [5.74, 6) is 0.900. The van der Waals surface area contributed by atoms with Crippen LogP contribution in [-0.4, -0.2) is 66.0 Å². The second-order valence-electron chi connectivity index (χ2n) is 7.06. The maximum absolute atomic E-state index is 12.6. The minimum absolute atomic E-state index is 0.0753. The fourth-order valence-electron chi connectivity index (χ4n) is 2.97. The summed E-state index contributed by atoms with van der Waals surface area (Å²) in [6.07, 6.45) is 1.63. The summed E-state index contributed by atoms with van der Waals surface area (Å²) in [6, 6.07) is 13.5. The van der Waals surface area contributed by atoms with Gasteiger partial charge in [-0.25, -0.2) is 18.9 Å². The zero-order valence-corrected chi connectivity index (χ0v) is 21.2. The lowest BCUT2D eigenvalue weighted by molar-refractivity contribution is -0.113. The van der Waals surface area contributed by atoms with Gasteiger partial charge in [-0.3, -0.25) is 4.79 Å². The van der Waals surface area contributed by atoms with Gasteiger partial charge in [-0.05, 0) is 54.1 Å².